The van der Waals surface area contributed by atoms with Crippen LogP contribution in [0.1, 0.15) is 27.0 Å². The number of nitrogens with one attached hydrogen (secondary N) is 2. The number of hydrogen-bond donors (Lipinski definition) is 2. The van der Waals surface area contributed by atoms with Gasteiger partial charge in [0.1, 0.15) is 11.5 Å². The van der Waals surface area contributed by atoms with E-state index < -0.39 is 0 Å². The molecule has 4 aromatic rings. The fourth-order valence-corrected chi connectivity index (χ4v) is 3.80. The number of hydrogen-bond acceptors (Lipinski definition) is 4. The van der Waals surface area contributed by atoms with Crippen molar-refractivity contribution in [1.82, 2.24) is 10.4 Å². The van der Waals surface area contributed by atoms with Gasteiger partial charge in [0.15, 0.2) is 0 Å². The molecule has 6 nitrogen and oxygen atoms in total. The first-order valence-electron chi connectivity index (χ1n) is 10.2. The second-order valence-electron chi connectivity index (χ2n) is 7.58. The Morgan fingerprint density at radius 2 is 1.66 bits per heavy atom. The van der Waals surface area contributed by atoms with Gasteiger partial charge in [-0.15, -0.1) is 0 Å². The molecule has 1 amide bonds. The number of aryl methyl sites for hydroxylation is 2. The summed E-state index contributed by atoms with van der Waals surface area (Å²) in [7, 11) is 3.08. The molecule has 0 aliphatic carbocycles. The molecular weight excluding hydrogens is 402 g/mol. The standard InChI is InChI=1S/C26H25N3O3/c1-16-10-17(2)24-22(11-16)23(25(28-24)18-8-6-5-7-9-18)15-27-29-26(30)19-12-20(31-3)14-21(13-19)32-4/h5-15,28H,1-4H3,(H,29,30). The van der Waals surface area contributed by atoms with Crippen LogP contribution in [-0.2, 0) is 0 Å². The summed E-state index contributed by atoms with van der Waals surface area (Å²) >= 11 is 0. The van der Waals surface area contributed by atoms with Crippen molar-refractivity contribution in [3.8, 4) is 22.8 Å². The lowest BCUT2D eigenvalue weighted by Crippen LogP contribution is -2.17. The minimum absolute atomic E-state index is 0.355. The Morgan fingerprint density at radius 1 is 0.969 bits per heavy atom. The third-order valence-electron chi connectivity index (χ3n) is 5.33. The number of rotatable bonds is 6. The Morgan fingerprint density at radius 3 is 2.31 bits per heavy atom. The van der Waals surface area contributed by atoms with Crippen LogP contribution in [0.5, 0.6) is 11.5 Å². The van der Waals surface area contributed by atoms with E-state index in [4.69, 9.17) is 9.47 Å². The molecule has 0 saturated carbocycles. The number of hydrazone groups is 1. The summed E-state index contributed by atoms with van der Waals surface area (Å²) in [6.45, 7) is 4.15. The zero-order chi connectivity index (χ0) is 22.7. The number of nitrogens with zero attached hydrogens (tertiary/aromatic N) is 1. The second-order valence-corrected chi connectivity index (χ2v) is 7.58. The molecule has 0 saturated heterocycles. The van der Waals surface area contributed by atoms with Crippen molar-refractivity contribution in [3.05, 3.63) is 82.9 Å². The quantitative estimate of drug-likeness (QED) is 0.327. The maximum absolute atomic E-state index is 12.7. The van der Waals surface area contributed by atoms with E-state index in [-0.39, 0.29) is 5.91 Å². The first-order valence-corrected chi connectivity index (χ1v) is 10.2. The Labute approximate surface area is 186 Å². The molecule has 0 atom stereocenters. The maximum Gasteiger partial charge on any atom is 0.271 e. The van der Waals surface area contributed by atoms with Gasteiger partial charge in [0, 0.05) is 28.1 Å². The summed E-state index contributed by atoms with van der Waals surface area (Å²) < 4.78 is 10.5. The van der Waals surface area contributed by atoms with E-state index in [1.807, 2.05) is 30.3 Å². The van der Waals surface area contributed by atoms with Crippen molar-refractivity contribution in [3.63, 3.8) is 0 Å². The number of amides is 1. The van der Waals surface area contributed by atoms with Crippen molar-refractivity contribution in [2.45, 2.75) is 13.8 Å². The molecule has 0 radical (unpaired) electrons. The number of ether oxygens (including phenoxy) is 2. The van der Waals surface area contributed by atoms with E-state index >= 15 is 0 Å². The number of carbonyl (C=O) groups excluding carboxylic acids is 1. The number of benzene rings is 3. The minimum atomic E-state index is -0.355. The summed E-state index contributed by atoms with van der Waals surface area (Å²) in [5.74, 6) is 0.715. The van der Waals surface area contributed by atoms with E-state index in [2.05, 4.69) is 41.5 Å². The minimum Gasteiger partial charge on any atom is -0.497 e. The number of H-pyrrole nitrogens is 1. The average molecular weight is 428 g/mol. The topological polar surface area (TPSA) is 75.7 Å². The van der Waals surface area contributed by atoms with Crippen LogP contribution in [0.25, 0.3) is 22.2 Å². The van der Waals surface area contributed by atoms with Crippen molar-refractivity contribution >= 4 is 23.0 Å². The van der Waals surface area contributed by atoms with Gasteiger partial charge in [0.25, 0.3) is 5.91 Å². The highest BCUT2D eigenvalue weighted by Crippen LogP contribution is 2.31. The Bertz CT molecular complexity index is 1280. The molecule has 4 rings (SSSR count). The predicted octanol–water partition coefficient (Wildman–Crippen LogP) is 5.23. The first kappa shape index (κ1) is 21.2. The van der Waals surface area contributed by atoms with E-state index in [0.717, 1.165) is 38.9 Å². The first-order chi connectivity index (χ1) is 15.5. The van der Waals surface area contributed by atoms with Crippen LogP contribution in [0.2, 0.25) is 0 Å². The summed E-state index contributed by atoms with van der Waals surface area (Å²) in [4.78, 5) is 16.2. The molecule has 1 aromatic heterocycles. The van der Waals surface area contributed by atoms with Gasteiger partial charge in [0.05, 0.1) is 26.1 Å². The fourth-order valence-electron chi connectivity index (χ4n) is 3.80. The zero-order valence-electron chi connectivity index (χ0n) is 18.5. The van der Waals surface area contributed by atoms with Crippen LogP contribution in [0, 0.1) is 13.8 Å². The lowest BCUT2D eigenvalue weighted by Gasteiger charge is -2.07. The van der Waals surface area contributed by atoms with Crippen molar-refractivity contribution in [2.24, 2.45) is 5.10 Å². The van der Waals surface area contributed by atoms with Gasteiger partial charge in [-0.1, -0.05) is 42.0 Å². The normalized spacial score (nSPS) is 11.1. The van der Waals surface area contributed by atoms with Gasteiger partial charge in [-0.25, -0.2) is 5.43 Å². The van der Waals surface area contributed by atoms with Gasteiger partial charge in [0.2, 0.25) is 0 Å². The predicted molar refractivity (Wildman–Crippen MR) is 128 cm³/mol. The summed E-state index contributed by atoms with van der Waals surface area (Å²) in [5, 5.41) is 5.33. The summed E-state index contributed by atoms with van der Waals surface area (Å²) in [6, 6.07) is 19.3. The van der Waals surface area contributed by atoms with Gasteiger partial charge in [-0.2, -0.15) is 5.10 Å². The molecule has 3 aromatic carbocycles. The molecular formula is C26H25N3O3. The van der Waals surface area contributed by atoms with Gasteiger partial charge in [-0.3, -0.25) is 4.79 Å². The molecule has 32 heavy (non-hydrogen) atoms. The Kier molecular flexibility index (Phi) is 5.94. The van der Waals surface area contributed by atoms with E-state index in [1.54, 1.807) is 38.6 Å². The lowest BCUT2D eigenvalue weighted by molar-refractivity contribution is 0.0954. The Balaban J connectivity index is 1.70. The van der Waals surface area contributed by atoms with Crippen LogP contribution >= 0.6 is 0 Å². The van der Waals surface area contributed by atoms with Crippen molar-refractivity contribution < 1.29 is 14.3 Å². The number of fused-ring (bicyclic) bond motifs is 1. The number of aromatic nitrogens is 1. The number of aromatic amines is 1. The fraction of sp³-hybridized carbons (Fsp3) is 0.154. The zero-order valence-corrected chi connectivity index (χ0v) is 18.5. The molecule has 2 N–H and O–H groups in total. The van der Waals surface area contributed by atoms with E-state index in [9.17, 15) is 4.79 Å². The Hall–Kier alpha value is -4.06. The molecule has 6 heteroatoms. The monoisotopic (exact) mass is 427 g/mol. The lowest BCUT2D eigenvalue weighted by atomic mass is 10.0. The van der Waals surface area contributed by atoms with E-state index in [1.165, 1.54) is 0 Å². The van der Waals surface area contributed by atoms with Gasteiger partial charge >= 0.3 is 0 Å². The molecule has 0 spiro atoms. The van der Waals surface area contributed by atoms with Crippen LogP contribution < -0.4 is 14.9 Å². The third kappa shape index (κ3) is 4.21. The largest absolute Gasteiger partial charge is 0.497 e. The highest BCUT2D eigenvalue weighted by molar-refractivity contribution is 6.07. The van der Waals surface area contributed by atoms with Crippen LogP contribution in [0.15, 0.2) is 65.8 Å². The average Bonchev–Trinajstić information content (AvgIpc) is 3.17. The van der Waals surface area contributed by atoms with Crippen molar-refractivity contribution in [2.75, 3.05) is 14.2 Å². The van der Waals surface area contributed by atoms with Crippen LogP contribution in [-0.4, -0.2) is 31.3 Å². The van der Waals surface area contributed by atoms with Crippen LogP contribution in [0.3, 0.4) is 0 Å². The molecule has 0 unspecified atom stereocenters. The molecule has 0 fully saturated rings. The smallest absolute Gasteiger partial charge is 0.271 e. The summed E-state index contributed by atoms with van der Waals surface area (Å²) in [6.07, 6.45) is 1.69. The molecule has 162 valence electrons. The van der Waals surface area contributed by atoms with Crippen LogP contribution in [0.4, 0.5) is 0 Å². The molecule has 0 aliphatic heterocycles. The van der Waals surface area contributed by atoms with E-state index in [0.29, 0.717) is 17.1 Å². The molecule has 1 heterocycles. The third-order valence-corrected chi connectivity index (χ3v) is 5.33. The van der Waals surface area contributed by atoms with Crippen molar-refractivity contribution in [1.29, 1.82) is 0 Å². The number of carbonyl (C=O) groups is 1. The highest BCUT2D eigenvalue weighted by Gasteiger charge is 2.14. The molecule has 0 bridgehead atoms. The maximum atomic E-state index is 12.7. The molecule has 0 aliphatic rings. The summed E-state index contributed by atoms with van der Waals surface area (Å²) in [5.41, 5.74) is 9.31. The highest BCUT2D eigenvalue weighted by atomic mass is 16.5. The number of methoxy groups -OCH3 is 2. The van der Waals surface area contributed by atoms with Gasteiger partial charge in [-0.05, 0) is 43.2 Å². The SMILES string of the molecule is COc1cc(OC)cc(C(=O)NN=Cc2c(-c3ccccc3)[nH]c3c(C)cc(C)cc23)c1. The second kappa shape index (κ2) is 8.98. The van der Waals surface area contributed by atoms with Gasteiger partial charge < -0.3 is 14.5 Å².